The quantitative estimate of drug-likeness (QED) is 0.880. The fourth-order valence-electron chi connectivity index (χ4n) is 3.71. The highest BCUT2D eigenvalue weighted by molar-refractivity contribution is 5.92. The summed E-state index contributed by atoms with van der Waals surface area (Å²) in [6.45, 7) is 9.84. The van der Waals surface area contributed by atoms with Crippen LogP contribution in [0.2, 0.25) is 0 Å². The number of nitrogens with zero attached hydrogens (tertiary/aromatic N) is 3. The number of carbonyl (C=O) groups excluding carboxylic acids is 2. The molecule has 0 spiro atoms. The standard InChI is InChI=1S/C19H28N4O2.C2H6.H2/c1-14-5-9-23(10-6-14)19(25)15-7-11-22(12-8-15)16-3-4-17(21-13-16)18(24)20-2;1-2;/h3-4,13-15H,5-12H2,1-2H3,(H,20,24);1-2H3;1H. The molecular formula is C21H36N4O2. The van der Waals surface area contributed by atoms with E-state index in [0.717, 1.165) is 63.5 Å². The molecule has 27 heavy (non-hydrogen) atoms. The Hall–Kier alpha value is -2.11. The highest BCUT2D eigenvalue weighted by Gasteiger charge is 2.30. The summed E-state index contributed by atoms with van der Waals surface area (Å²) >= 11 is 0. The molecule has 2 aliphatic rings. The molecule has 152 valence electrons. The minimum atomic E-state index is -0.174. The van der Waals surface area contributed by atoms with Gasteiger partial charge in [0.2, 0.25) is 5.91 Å². The fourth-order valence-corrected chi connectivity index (χ4v) is 3.71. The molecule has 0 aliphatic carbocycles. The fraction of sp³-hybridized carbons (Fsp3) is 0.667. The van der Waals surface area contributed by atoms with E-state index in [1.807, 2.05) is 19.9 Å². The van der Waals surface area contributed by atoms with Gasteiger partial charge in [-0.2, -0.15) is 0 Å². The summed E-state index contributed by atoms with van der Waals surface area (Å²) in [5.41, 5.74) is 1.45. The van der Waals surface area contributed by atoms with Crippen LogP contribution in [0.25, 0.3) is 0 Å². The molecule has 6 heteroatoms. The van der Waals surface area contributed by atoms with Gasteiger partial charge < -0.3 is 15.1 Å². The summed E-state index contributed by atoms with van der Waals surface area (Å²) in [5, 5.41) is 2.58. The summed E-state index contributed by atoms with van der Waals surface area (Å²) in [6.07, 6.45) is 5.80. The summed E-state index contributed by atoms with van der Waals surface area (Å²) in [5.74, 6) is 1.07. The van der Waals surface area contributed by atoms with Crippen LogP contribution in [0, 0.1) is 11.8 Å². The number of anilines is 1. The molecule has 2 fully saturated rings. The van der Waals surface area contributed by atoms with Crippen LogP contribution in [0.15, 0.2) is 18.3 Å². The first-order valence-electron chi connectivity index (χ1n) is 10.3. The van der Waals surface area contributed by atoms with E-state index in [-0.39, 0.29) is 13.3 Å². The van der Waals surface area contributed by atoms with E-state index < -0.39 is 0 Å². The molecule has 3 rings (SSSR count). The van der Waals surface area contributed by atoms with Crippen molar-refractivity contribution >= 4 is 17.5 Å². The molecule has 1 N–H and O–H groups in total. The number of hydrogen-bond acceptors (Lipinski definition) is 4. The van der Waals surface area contributed by atoms with Gasteiger partial charge in [-0.3, -0.25) is 9.59 Å². The molecule has 2 saturated heterocycles. The van der Waals surface area contributed by atoms with E-state index in [1.54, 1.807) is 19.3 Å². The van der Waals surface area contributed by atoms with Crippen molar-refractivity contribution in [3.05, 3.63) is 24.0 Å². The molecule has 0 bridgehead atoms. The largest absolute Gasteiger partial charge is 0.370 e. The second-order valence-corrected chi connectivity index (χ2v) is 7.25. The molecule has 2 amide bonds. The number of carbonyl (C=O) groups is 2. The van der Waals surface area contributed by atoms with Crippen molar-refractivity contribution in [1.82, 2.24) is 15.2 Å². The van der Waals surface area contributed by atoms with Crippen molar-refractivity contribution in [3.8, 4) is 0 Å². The first kappa shape index (κ1) is 21.2. The predicted octanol–water partition coefficient (Wildman–Crippen LogP) is 3.19. The molecule has 0 unspecified atom stereocenters. The Balaban J connectivity index is 0.00000127. The zero-order chi connectivity index (χ0) is 19.8. The Morgan fingerprint density at radius 2 is 1.70 bits per heavy atom. The molecule has 0 radical (unpaired) electrons. The third kappa shape index (κ3) is 5.44. The highest BCUT2D eigenvalue weighted by atomic mass is 16.2. The van der Waals surface area contributed by atoms with Crippen molar-refractivity contribution < 1.29 is 11.0 Å². The van der Waals surface area contributed by atoms with E-state index in [4.69, 9.17) is 0 Å². The first-order chi connectivity index (χ1) is 13.1. The maximum absolute atomic E-state index is 12.7. The summed E-state index contributed by atoms with van der Waals surface area (Å²) in [4.78, 5) is 32.8. The van der Waals surface area contributed by atoms with Crippen LogP contribution in [-0.2, 0) is 4.79 Å². The number of likely N-dealkylation sites (tertiary alicyclic amines) is 1. The third-order valence-corrected chi connectivity index (χ3v) is 5.51. The zero-order valence-electron chi connectivity index (χ0n) is 17.2. The average Bonchev–Trinajstić information content (AvgIpc) is 2.75. The van der Waals surface area contributed by atoms with Crippen molar-refractivity contribution in [2.45, 2.75) is 46.5 Å². The molecule has 0 atom stereocenters. The van der Waals surface area contributed by atoms with Crippen LogP contribution in [0.5, 0.6) is 0 Å². The van der Waals surface area contributed by atoms with Crippen LogP contribution in [0.4, 0.5) is 5.69 Å². The molecule has 0 saturated carbocycles. The van der Waals surface area contributed by atoms with E-state index in [0.29, 0.717) is 11.6 Å². The Bertz CT molecular complexity index is 607. The lowest BCUT2D eigenvalue weighted by molar-refractivity contribution is -0.137. The van der Waals surface area contributed by atoms with Gasteiger partial charge in [0.1, 0.15) is 5.69 Å². The lowest BCUT2D eigenvalue weighted by Crippen LogP contribution is -2.45. The number of piperidine rings is 2. The van der Waals surface area contributed by atoms with Crippen LogP contribution < -0.4 is 10.2 Å². The Labute approximate surface area is 164 Å². The van der Waals surface area contributed by atoms with Gasteiger partial charge in [-0.25, -0.2) is 4.98 Å². The molecule has 1 aromatic rings. The van der Waals surface area contributed by atoms with Crippen LogP contribution in [-0.4, -0.2) is 54.9 Å². The Morgan fingerprint density at radius 3 is 2.22 bits per heavy atom. The van der Waals surface area contributed by atoms with Crippen LogP contribution in [0.1, 0.15) is 58.4 Å². The molecule has 2 aliphatic heterocycles. The molecular weight excluding hydrogens is 340 g/mol. The minimum Gasteiger partial charge on any atom is -0.370 e. The van der Waals surface area contributed by atoms with Crippen LogP contribution >= 0.6 is 0 Å². The van der Waals surface area contributed by atoms with Crippen molar-refractivity contribution in [1.29, 1.82) is 0 Å². The maximum atomic E-state index is 12.7. The first-order valence-corrected chi connectivity index (χ1v) is 10.3. The van der Waals surface area contributed by atoms with Gasteiger partial charge in [-0.15, -0.1) is 0 Å². The highest BCUT2D eigenvalue weighted by Crippen LogP contribution is 2.26. The molecule has 0 aromatic carbocycles. The van der Waals surface area contributed by atoms with E-state index in [1.165, 1.54) is 0 Å². The SMILES string of the molecule is CC.CNC(=O)c1ccc(N2CCC(C(=O)N3CCC(C)CC3)CC2)cn1.[HH]. The van der Waals surface area contributed by atoms with Crippen LogP contribution in [0.3, 0.4) is 0 Å². The van der Waals surface area contributed by atoms with Gasteiger partial charge in [-0.1, -0.05) is 20.8 Å². The van der Waals surface area contributed by atoms with E-state index in [2.05, 4.69) is 27.0 Å². The van der Waals surface area contributed by atoms with Crippen molar-refractivity contribution in [2.24, 2.45) is 11.8 Å². The normalized spacial score (nSPS) is 18.5. The van der Waals surface area contributed by atoms with Gasteiger partial charge in [0.25, 0.3) is 5.91 Å². The number of aromatic nitrogens is 1. The van der Waals surface area contributed by atoms with Gasteiger partial charge in [0, 0.05) is 40.6 Å². The topological polar surface area (TPSA) is 65.5 Å². The summed E-state index contributed by atoms with van der Waals surface area (Å²) in [7, 11) is 1.60. The van der Waals surface area contributed by atoms with Crippen molar-refractivity contribution in [3.63, 3.8) is 0 Å². The maximum Gasteiger partial charge on any atom is 0.269 e. The predicted molar refractivity (Wildman–Crippen MR) is 111 cm³/mol. The van der Waals surface area contributed by atoms with Gasteiger partial charge in [-0.05, 0) is 43.7 Å². The number of pyridine rings is 1. The van der Waals surface area contributed by atoms with E-state index >= 15 is 0 Å². The second kappa shape index (κ2) is 10.3. The summed E-state index contributed by atoms with van der Waals surface area (Å²) < 4.78 is 0. The van der Waals surface area contributed by atoms with Gasteiger partial charge >= 0.3 is 0 Å². The Morgan fingerprint density at radius 1 is 1.07 bits per heavy atom. The summed E-state index contributed by atoms with van der Waals surface area (Å²) in [6, 6.07) is 3.69. The third-order valence-electron chi connectivity index (χ3n) is 5.51. The average molecular weight is 377 g/mol. The second-order valence-electron chi connectivity index (χ2n) is 7.25. The minimum absolute atomic E-state index is 0. The lowest BCUT2D eigenvalue weighted by Gasteiger charge is -2.37. The number of hydrogen-bond donors (Lipinski definition) is 1. The van der Waals surface area contributed by atoms with E-state index in [9.17, 15) is 9.59 Å². The smallest absolute Gasteiger partial charge is 0.269 e. The van der Waals surface area contributed by atoms with Crippen molar-refractivity contribution in [2.75, 3.05) is 38.1 Å². The van der Waals surface area contributed by atoms with Gasteiger partial charge in [0.05, 0.1) is 11.9 Å². The molecule has 3 heterocycles. The Kier molecular flexibility index (Phi) is 8.07. The number of amides is 2. The monoisotopic (exact) mass is 376 g/mol. The number of rotatable bonds is 3. The molecule has 1 aromatic heterocycles. The molecule has 6 nitrogen and oxygen atoms in total. The zero-order valence-corrected chi connectivity index (χ0v) is 17.2. The lowest BCUT2D eigenvalue weighted by atomic mass is 9.92. The number of nitrogens with one attached hydrogen (secondary N) is 1. The van der Waals surface area contributed by atoms with Gasteiger partial charge in [0.15, 0.2) is 0 Å².